The van der Waals surface area contributed by atoms with Gasteiger partial charge in [-0.2, -0.15) is 5.26 Å². The first-order chi connectivity index (χ1) is 16.0. The molecule has 1 fully saturated rings. The van der Waals surface area contributed by atoms with Gasteiger partial charge in [0.1, 0.15) is 0 Å². The van der Waals surface area contributed by atoms with Crippen molar-refractivity contribution in [2.24, 2.45) is 0 Å². The van der Waals surface area contributed by atoms with E-state index in [1.165, 1.54) is 11.3 Å². The zero-order chi connectivity index (χ0) is 23.4. The van der Waals surface area contributed by atoms with E-state index in [-0.39, 0.29) is 12.6 Å². The number of aliphatic hydroxyl groups excluding tert-OH is 1. The Morgan fingerprint density at radius 2 is 1.85 bits per heavy atom. The molecular weight excluding hydrogens is 436 g/mol. The molecule has 8 nitrogen and oxygen atoms in total. The fourth-order valence-electron chi connectivity index (χ4n) is 3.95. The van der Waals surface area contributed by atoms with Crippen LogP contribution in [0.4, 0.5) is 9.93 Å². The minimum Gasteiger partial charge on any atom is -0.395 e. The summed E-state index contributed by atoms with van der Waals surface area (Å²) in [5.41, 5.74) is 4.89. The number of β-amino-alcohol motifs (C(OH)–C–C–N with tert-alkyl or cyclic N) is 1. The van der Waals surface area contributed by atoms with E-state index in [0.717, 1.165) is 46.2 Å². The highest BCUT2D eigenvalue weighted by Gasteiger charge is 2.23. The predicted molar refractivity (Wildman–Crippen MR) is 129 cm³/mol. The highest BCUT2D eigenvalue weighted by molar-refractivity contribution is 7.19. The average molecular weight is 463 g/mol. The Kier molecular flexibility index (Phi) is 6.99. The van der Waals surface area contributed by atoms with Crippen molar-refractivity contribution in [1.82, 2.24) is 19.8 Å². The maximum atomic E-state index is 12.9. The highest BCUT2D eigenvalue weighted by Crippen LogP contribution is 2.39. The van der Waals surface area contributed by atoms with Gasteiger partial charge < -0.3 is 10.0 Å². The second-order valence-electron chi connectivity index (χ2n) is 8.01. The first-order valence-corrected chi connectivity index (χ1v) is 11.6. The van der Waals surface area contributed by atoms with Gasteiger partial charge in [-0.05, 0) is 43.7 Å². The number of nitrogens with one attached hydrogen (secondary N) is 1. The molecule has 2 aromatic heterocycles. The number of hydrogen-bond acceptors (Lipinski definition) is 7. The molecule has 2 amide bonds. The number of amides is 2. The zero-order valence-electron chi connectivity index (χ0n) is 18.7. The lowest BCUT2D eigenvalue weighted by molar-refractivity contribution is 0.127. The lowest BCUT2D eigenvalue weighted by Crippen LogP contribution is -2.50. The van der Waals surface area contributed by atoms with Crippen molar-refractivity contribution in [1.29, 1.82) is 5.26 Å². The van der Waals surface area contributed by atoms with Crippen molar-refractivity contribution >= 4 is 22.5 Å². The van der Waals surface area contributed by atoms with E-state index in [9.17, 15) is 10.1 Å². The largest absolute Gasteiger partial charge is 0.395 e. The molecule has 1 saturated heterocycles. The number of urea groups is 1. The third-order valence-corrected chi connectivity index (χ3v) is 6.55. The van der Waals surface area contributed by atoms with E-state index < -0.39 is 0 Å². The number of aromatic nitrogens is 2. The van der Waals surface area contributed by atoms with Gasteiger partial charge in [0.2, 0.25) is 0 Å². The van der Waals surface area contributed by atoms with E-state index in [1.807, 2.05) is 44.2 Å². The summed E-state index contributed by atoms with van der Waals surface area (Å²) in [5.74, 6) is 0. The number of hydrogen-bond donors (Lipinski definition) is 2. The number of nitriles is 1. The maximum Gasteiger partial charge on any atom is 0.323 e. The van der Waals surface area contributed by atoms with E-state index in [4.69, 9.17) is 10.1 Å². The number of nitrogens with zero attached hydrogens (tertiary/aromatic N) is 5. The number of anilines is 1. The first-order valence-electron chi connectivity index (χ1n) is 10.8. The molecule has 33 heavy (non-hydrogen) atoms. The molecule has 2 N–H and O–H groups in total. The molecule has 0 saturated carbocycles. The molecule has 0 radical (unpaired) electrons. The van der Waals surface area contributed by atoms with Crippen LogP contribution in [-0.4, -0.2) is 70.2 Å². The minimum absolute atomic E-state index is 0.123. The van der Waals surface area contributed by atoms with Gasteiger partial charge in [0.15, 0.2) is 5.13 Å². The molecule has 9 heteroatoms. The quantitative estimate of drug-likeness (QED) is 0.601. The molecule has 0 bridgehead atoms. The Balaban J connectivity index is 1.64. The molecule has 3 aromatic rings. The number of rotatable bonds is 5. The van der Waals surface area contributed by atoms with Gasteiger partial charge in [-0.3, -0.25) is 15.2 Å². The van der Waals surface area contributed by atoms with E-state index in [2.05, 4.69) is 21.3 Å². The third kappa shape index (κ3) is 5.37. The monoisotopic (exact) mass is 462 g/mol. The van der Waals surface area contributed by atoms with Gasteiger partial charge in [-0.1, -0.05) is 23.5 Å². The van der Waals surface area contributed by atoms with E-state index >= 15 is 0 Å². The molecular formula is C24H26N6O2S. The molecule has 1 aromatic carbocycles. The number of benzene rings is 1. The zero-order valence-corrected chi connectivity index (χ0v) is 19.5. The summed E-state index contributed by atoms with van der Waals surface area (Å²) in [7, 11) is 0. The number of pyridine rings is 1. The van der Waals surface area contributed by atoms with Crippen LogP contribution in [0, 0.1) is 25.2 Å². The van der Waals surface area contributed by atoms with E-state index in [0.29, 0.717) is 30.3 Å². The molecule has 1 aliphatic heterocycles. The van der Waals surface area contributed by atoms with Crippen LogP contribution in [0.25, 0.3) is 21.7 Å². The molecule has 3 heterocycles. The lowest BCUT2D eigenvalue weighted by Gasteiger charge is -2.34. The molecule has 0 atom stereocenters. The predicted octanol–water partition coefficient (Wildman–Crippen LogP) is 3.50. The van der Waals surface area contributed by atoms with Crippen molar-refractivity contribution in [3.8, 4) is 27.8 Å². The second-order valence-corrected chi connectivity index (χ2v) is 9.01. The summed E-state index contributed by atoms with van der Waals surface area (Å²) < 4.78 is 0. The average Bonchev–Trinajstić information content (AvgIpc) is 3.23. The fraction of sp³-hybridized carbons (Fsp3) is 0.333. The van der Waals surface area contributed by atoms with Crippen molar-refractivity contribution in [2.45, 2.75) is 13.8 Å². The van der Waals surface area contributed by atoms with Crippen LogP contribution in [-0.2, 0) is 0 Å². The van der Waals surface area contributed by atoms with Crippen molar-refractivity contribution in [2.75, 3.05) is 44.6 Å². The Morgan fingerprint density at radius 3 is 2.52 bits per heavy atom. The highest BCUT2D eigenvalue weighted by atomic mass is 32.1. The molecule has 1 aliphatic rings. The summed E-state index contributed by atoms with van der Waals surface area (Å²) in [4.78, 5) is 26.9. The lowest BCUT2D eigenvalue weighted by atomic mass is 10.0. The first kappa shape index (κ1) is 22.9. The molecule has 0 spiro atoms. The summed E-state index contributed by atoms with van der Waals surface area (Å²) >= 11 is 1.42. The van der Waals surface area contributed by atoms with Crippen LogP contribution in [0.2, 0.25) is 0 Å². The van der Waals surface area contributed by atoms with Gasteiger partial charge in [0.05, 0.1) is 28.8 Å². The van der Waals surface area contributed by atoms with Crippen LogP contribution in [0.1, 0.15) is 17.0 Å². The number of piperazine rings is 1. The third-order valence-electron chi connectivity index (χ3n) is 5.53. The van der Waals surface area contributed by atoms with Crippen LogP contribution < -0.4 is 5.32 Å². The van der Waals surface area contributed by atoms with Crippen molar-refractivity contribution in [3.05, 3.63) is 53.3 Å². The molecule has 4 rings (SSSR count). The van der Waals surface area contributed by atoms with Crippen molar-refractivity contribution in [3.63, 3.8) is 0 Å². The number of aliphatic hydroxyl groups is 1. The van der Waals surface area contributed by atoms with Crippen LogP contribution in [0.15, 0.2) is 36.4 Å². The summed E-state index contributed by atoms with van der Waals surface area (Å²) in [6, 6.07) is 13.3. The fourth-order valence-corrected chi connectivity index (χ4v) is 4.92. The SMILES string of the molecule is Cc1cc(-c2sc(NC(=O)N3CCN(CCO)CC3)nc2-c2cccc(C#N)c2)cc(C)n1. The Hall–Kier alpha value is -3.32. The smallest absolute Gasteiger partial charge is 0.323 e. The van der Waals surface area contributed by atoms with Crippen LogP contribution in [0.5, 0.6) is 0 Å². The maximum absolute atomic E-state index is 12.9. The van der Waals surface area contributed by atoms with Crippen molar-refractivity contribution < 1.29 is 9.90 Å². The minimum atomic E-state index is -0.182. The van der Waals surface area contributed by atoms with Gasteiger partial charge in [-0.25, -0.2) is 9.78 Å². The number of aryl methyl sites for hydroxylation is 2. The van der Waals surface area contributed by atoms with Crippen LogP contribution >= 0.6 is 11.3 Å². The van der Waals surface area contributed by atoms with Gasteiger partial charge in [-0.15, -0.1) is 0 Å². The normalized spacial score (nSPS) is 14.2. The Labute approximate surface area is 197 Å². The molecule has 0 unspecified atom stereocenters. The van der Waals surface area contributed by atoms with Gasteiger partial charge in [0, 0.05) is 49.7 Å². The topological polar surface area (TPSA) is 105 Å². The standard InChI is InChI=1S/C24H26N6O2S/c1-16-12-20(13-17(2)26-16)22-21(19-5-3-4-18(14-19)15-25)27-23(33-22)28-24(32)30-8-6-29(7-9-30)10-11-31/h3-5,12-14,31H,6-11H2,1-2H3,(H,27,28,32). The van der Waals surface area contributed by atoms with Gasteiger partial charge >= 0.3 is 6.03 Å². The van der Waals surface area contributed by atoms with E-state index in [1.54, 1.807) is 11.0 Å². The Morgan fingerprint density at radius 1 is 1.12 bits per heavy atom. The molecule has 0 aliphatic carbocycles. The second kappa shape index (κ2) is 10.1. The number of thiazole rings is 1. The number of carbonyl (C=O) groups is 1. The summed E-state index contributed by atoms with van der Waals surface area (Å²) in [6.45, 7) is 7.32. The summed E-state index contributed by atoms with van der Waals surface area (Å²) in [6.07, 6.45) is 0. The Bertz CT molecular complexity index is 1170. The number of carbonyl (C=O) groups excluding carboxylic acids is 1. The molecule has 170 valence electrons. The van der Waals surface area contributed by atoms with Crippen LogP contribution in [0.3, 0.4) is 0 Å². The van der Waals surface area contributed by atoms with Gasteiger partial charge in [0.25, 0.3) is 0 Å². The summed E-state index contributed by atoms with van der Waals surface area (Å²) in [5, 5.41) is 21.9.